The number of alkyl halides is 3. The number of carbonyl (C=O) groups is 2. The predicted octanol–water partition coefficient (Wildman–Crippen LogP) is 5.18. The van der Waals surface area contributed by atoms with E-state index in [0.717, 1.165) is 24.1 Å². The van der Waals surface area contributed by atoms with Crippen molar-refractivity contribution in [2.45, 2.75) is 43.8 Å². The molecule has 2 atom stereocenters. The van der Waals surface area contributed by atoms with Crippen LogP contribution in [0.15, 0.2) is 54.6 Å². The van der Waals surface area contributed by atoms with Gasteiger partial charge in [0.05, 0.1) is 17.5 Å². The van der Waals surface area contributed by atoms with E-state index in [9.17, 15) is 22.8 Å². The number of hydrogen-bond acceptors (Lipinski definition) is 4. The van der Waals surface area contributed by atoms with Crippen molar-refractivity contribution in [2.75, 3.05) is 12.4 Å². The second kappa shape index (κ2) is 10.2. The summed E-state index contributed by atoms with van der Waals surface area (Å²) in [4.78, 5) is 27.4. The first-order chi connectivity index (χ1) is 14.8. The zero-order valence-electron chi connectivity index (χ0n) is 17.1. The van der Waals surface area contributed by atoms with Crippen LogP contribution in [0.3, 0.4) is 0 Å². The minimum absolute atomic E-state index is 0.0956. The molecule has 0 N–H and O–H groups in total. The Bertz CT molecular complexity index is 904. The van der Waals surface area contributed by atoms with Crippen LogP contribution in [-0.4, -0.2) is 40.6 Å². The summed E-state index contributed by atoms with van der Waals surface area (Å²) in [6, 6.07) is 13.0. The van der Waals surface area contributed by atoms with Crippen LogP contribution in [0.5, 0.6) is 0 Å². The largest absolute Gasteiger partial charge is 0.464 e. The molecule has 1 heterocycles. The summed E-state index contributed by atoms with van der Waals surface area (Å²) in [5, 5.41) is -0.381. The quantitative estimate of drug-likeness (QED) is 0.430. The molecule has 2 aromatic rings. The van der Waals surface area contributed by atoms with Gasteiger partial charge in [-0.05, 0) is 30.2 Å². The highest BCUT2D eigenvalue weighted by atomic mass is 32.2. The summed E-state index contributed by atoms with van der Waals surface area (Å²) < 4.78 is 44.8. The van der Waals surface area contributed by atoms with Crippen molar-refractivity contribution in [1.82, 2.24) is 4.90 Å². The molecule has 166 valence electrons. The van der Waals surface area contributed by atoms with Gasteiger partial charge in [-0.1, -0.05) is 49.7 Å². The Morgan fingerprint density at radius 1 is 1.13 bits per heavy atom. The maximum atomic E-state index is 13.3. The van der Waals surface area contributed by atoms with E-state index in [0.29, 0.717) is 18.6 Å². The van der Waals surface area contributed by atoms with E-state index >= 15 is 0 Å². The molecule has 1 aliphatic heterocycles. The third-order valence-electron chi connectivity index (χ3n) is 5.03. The molecule has 31 heavy (non-hydrogen) atoms. The van der Waals surface area contributed by atoms with E-state index in [1.165, 1.54) is 28.8 Å². The van der Waals surface area contributed by atoms with Gasteiger partial charge in [-0.25, -0.2) is 4.79 Å². The maximum Gasteiger partial charge on any atom is 0.416 e. The lowest BCUT2D eigenvalue weighted by molar-refractivity contribution is -0.148. The van der Waals surface area contributed by atoms with Gasteiger partial charge in [-0.3, -0.25) is 4.79 Å². The molecule has 0 spiro atoms. The van der Waals surface area contributed by atoms with Crippen molar-refractivity contribution in [3.8, 4) is 0 Å². The first-order valence-corrected chi connectivity index (χ1v) is 11.2. The maximum absolute atomic E-state index is 13.3. The highest BCUT2D eigenvalue weighted by molar-refractivity contribution is 8.00. The van der Waals surface area contributed by atoms with Crippen molar-refractivity contribution in [1.29, 1.82) is 0 Å². The summed E-state index contributed by atoms with van der Waals surface area (Å²) in [5.41, 5.74) is -0.0181. The number of halogens is 3. The molecule has 2 unspecified atom stereocenters. The molecule has 0 aromatic heterocycles. The lowest BCUT2D eigenvalue weighted by atomic mass is 10.1. The molecule has 1 aliphatic rings. The third-order valence-corrected chi connectivity index (χ3v) is 6.32. The van der Waals surface area contributed by atoms with Gasteiger partial charge in [0.1, 0.15) is 6.04 Å². The molecule has 2 aromatic carbocycles. The monoisotopic (exact) mass is 451 g/mol. The second-order valence-electron chi connectivity index (χ2n) is 7.31. The van der Waals surface area contributed by atoms with Crippen LogP contribution in [0.2, 0.25) is 0 Å². The molecule has 3 rings (SSSR count). The smallest absolute Gasteiger partial charge is 0.416 e. The van der Waals surface area contributed by atoms with Crippen molar-refractivity contribution < 1.29 is 27.5 Å². The van der Waals surface area contributed by atoms with Crippen molar-refractivity contribution in [2.24, 2.45) is 0 Å². The van der Waals surface area contributed by atoms with E-state index in [1.807, 2.05) is 37.3 Å². The standard InChI is InChI=1S/C23H24F3NO3S/c1-2-3-12-30-22(29)19-15-31-20(13-16-8-5-4-6-9-16)27(19)21(28)17-10-7-11-18(14-17)23(24,25)26/h4-11,14,19-20H,2-3,12-13,15H2,1H3. The number of nitrogens with zero attached hydrogens (tertiary/aromatic N) is 1. The molecule has 1 saturated heterocycles. The normalized spacial score (nSPS) is 18.8. The summed E-state index contributed by atoms with van der Waals surface area (Å²) in [5.74, 6) is -0.779. The lowest BCUT2D eigenvalue weighted by Gasteiger charge is -2.29. The minimum atomic E-state index is -4.56. The fraction of sp³-hybridized carbons (Fsp3) is 0.391. The zero-order valence-corrected chi connectivity index (χ0v) is 17.9. The summed E-state index contributed by atoms with van der Waals surface area (Å²) >= 11 is 1.44. The van der Waals surface area contributed by atoms with E-state index in [2.05, 4.69) is 0 Å². The van der Waals surface area contributed by atoms with Crippen LogP contribution in [0.4, 0.5) is 13.2 Å². The summed E-state index contributed by atoms with van der Waals surface area (Å²) in [6.07, 6.45) is -2.51. The number of benzene rings is 2. The topological polar surface area (TPSA) is 46.6 Å². The Morgan fingerprint density at radius 2 is 1.87 bits per heavy atom. The molecule has 4 nitrogen and oxygen atoms in total. The lowest BCUT2D eigenvalue weighted by Crippen LogP contribution is -2.47. The van der Waals surface area contributed by atoms with Gasteiger partial charge >= 0.3 is 12.1 Å². The SMILES string of the molecule is CCCCOC(=O)C1CSC(Cc2ccccc2)N1C(=O)c1cccc(C(F)(F)F)c1. The Labute approximate surface area is 183 Å². The van der Waals surface area contributed by atoms with Gasteiger partial charge in [0.25, 0.3) is 5.91 Å². The highest BCUT2D eigenvalue weighted by Gasteiger charge is 2.43. The summed E-state index contributed by atoms with van der Waals surface area (Å²) in [6.45, 7) is 2.23. The van der Waals surface area contributed by atoms with Crippen molar-refractivity contribution in [3.63, 3.8) is 0 Å². The Morgan fingerprint density at radius 3 is 2.55 bits per heavy atom. The Hall–Kier alpha value is -2.48. The number of hydrogen-bond donors (Lipinski definition) is 0. The highest BCUT2D eigenvalue weighted by Crippen LogP contribution is 2.35. The molecule has 0 saturated carbocycles. The average molecular weight is 452 g/mol. The Balaban J connectivity index is 1.88. The summed E-state index contributed by atoms with van der Waals surface area (Å²) in [7, 11) is 0. The van der Waals surface area contributed by atoms with Crippen LogP contribution < -0.4 is 0 Å². The third kappa shape index (κ3) is 5.81. The van der Waals surface area contributed by atoms with E-state index in [-0.39, 0.29) is 17.5 Å². The first kappa shape index (κ1) is 23.2. The number of unbranched alkanes of at least 4 members (excludes halogenated alkanes) is 1. The van der Waals surface area contributed by atoms with Crippen molar-refractivity contribution in [3.05, 3.63) is 71.3 Å². The number of carbonyl (C=O) groups excluding carboxylic acids is 2. The minimum Gasteiger partial charge on any atom is -0.464 e. The number of amides is 1. The van der Waals surface area contributed by atoms with Gasteiger partial charge in [0.2, 0.25) is 0 Å². The van der Waals surface area contributed by atoms with Crippen LogP contribution in [-0.2, 0) is 22.1 Å². The molecular weight excluding hydrogens is 427 g/mol. The molecule has 8 heteroatoms. The van der Waals surface area contributed by atoms with Gasteiger partial charge in [-0.2, -0.15) is 13.2 Å². The van der Waals surface area contributed by atoms with E-state index in [1.54, 1.807) is 0 Å². The second-order valence-corrected chi connectivity index (χ2v) is 8.52. The molecule has 1 amide bonds. The first-order valence-electron chi connectivity index (χ1n) is 10.1. The predicted molar refractivity (Wildman–Crippen MR) is 114 cm³/mol. The average Bonchev–Trinajstić information content (AvgIpc) is 3.17. The molecule has 0 aliphatic carbocycles. The zero-order chi connectivity index (χ0) is 22.4. The van der Waals surface area contributed by atoms with Crippen LogP contribution >= 0.6 is 11.8 Å². The van der Waals surface area contributed by atoms with Crippen LogP contribution in [0.25, 0.3) is 0 Å². The van der Waals surface area contributed by atoms with Crippen LogP contribution in [0.1, 0.15) is 41.3 Å². The molecule has 0 bridgehead atoms. The molecular formula is C23H24F3NO3S. The Kier molecular flexibility index (Phi) is 7.64. The van der Waals surface area contributed by atoms with Crippen LogP contribution in [0, 0.1) is 0 Å². The number of rotatable bonds is 7. The van der Waals surface area contributed by atoms with E-state index < -0.39 is 29.7 Å². The molecule has 0 radical (unpaired) electrons. The van der Waals surface area contributed by atoms with E-state index in [4.69, 9.17) is 4.74 Å². The fourth-order valence-electron chi connectivity index (χ4n) is 3.38. The van der Waals surface area contributed by atoms with Gasteiger partial charge < -0.3 is 9.64 Å². The van der Waals surface area contributed by atoms with Gasteiger partial charge in [0, 0.05) is 17.7 Å². The fourth-order valence-corrected chi connectivity index (χ4v) is 4.80. The van der Waals surface area contributed by atoms with Crippen molar-refractivity contribution >= 4 is 23.6 Å². The number of ether oxygens (including phenoxy) is 1. The molecule has 1 fully saturated rings. The van der Waals surface area contributed by atoms with Gasteiger partial charge in [-0.15, -0.1) is 11.8 Å². The number of esters is 1. The van der Waals surface area contributed by atoms with Gasteiger partial charge in [0.15, 0.2) is 0 Å². The number of thioether (sulfide) groups is 1.